The average Bonchev–Trinajstić information content (AvgIpc) is 2.87. The van der Waals surface area contributed by atoms with E-state index in [1.54, 1.807) is 7.11 Å². The van der Waals surface area contributed by atoms with Gasteiger partial charge < -0.3 is 14.7 Å². The monoisotopic (exact) mass is 275 g/mol. The molecule has 20 heavy (non-hydrogen) atoms. The molecule has 0 bridgehead atoms. The summed E-state index contributed by atoms with van der Waals surface area (Å²) in [6.45, 7) is 0.729. The Hall–Kier alpha value is -2.34. The van der Waals surface area contributed by atoms with Gasteiger partial charge in [-0.25, -0.2) is 4.79 Å². The van der Waals surface area contributed by atoms with Crippen LogP contribution in [0.2, 0.25) is 0 Å². The zero-order valence-corrected chi connectivity index (χ0v) is 11.7. The number of rotatable bonds is 5. The van der Waals surface area contributed by atoms with Gasteiger partial charge in [0, 0.05) is 17.7 Å². The van der Waals surface area contributed by atoms with Crippen molar-refractivity contribution in [3.63, 3.8) is 0 Å². The fraction of sp³-hybridized carbons (Fsp3) is 0.286. The fourth-order valence-electron chi connectivity index (χ4n) is 2.06. The van der Waals surface area contributed by atoms with E-state index in [2.05, 4.69) is 10.2 Å². The maximum absolute atomic E-state index is 10.9. The number of hydrogen-bond acceptors (Lipinski definition) is 4. The van der Waals surface area contributed by atoms with Crippen LogP contribution in [0.4, 0.5) is 0 Å². The normalized spacial score (nSPS) is 10.8. The van der Waals surface area contributed by atoms with E-state index >= 15 is 0 Å². The Morgan fingerprint density at radius 2 is 2.20 bits per heavy atom. The Kier molecular flexibility index (Phi) is 4.05. The van der Waals surface area contributed by atoms with Gasteiger partial charge in [-0.3, -0.25) is 5.10 Å². The standard InChI is InChI=1S/C14H17N3O3/c1-17(2)8-9-5-4-6-10(13(9)20-3)11-7-12(14(18)19)16-15-11/h4-7H,8H2,1-3H3,(H,15,16)(H,18,19). The van der Waals surface area contributed by atoms with Crippen LogP contribution in [0.3, 0.4) is 0 Å². The Bertz CT molecular complexity index is 620. The molecule has 106 valence electrons. The topological polar surface area (TPSA) is 78.5 Å². The highest BCUT2D eigenvalue weighted by molar-refractivity contribution is 5.87. The molecule has 2 aromatic rings. The molecular formula is C14H17N3O3. The summed E-state index contributed by atoms with van der Waals surface area (Å²) < 4.78 is 5.47. The van der Waals surface area contributed by atoms with Crippen molar-refractivity contribution in [3.8, 4) is 17.0 Å². The highest BCUT2D eigenvalue weighted by Gasteiger charge is 2.15. The van der Waals surface area contributed by atoms with Gasteiger partial charge in [0.05, 0.1) is 12.8 Å². The summed E-state index contributed by atoms with van der Waals surface area (Å²) >= 11 is 0. The van der Waals surface area contributed by atoms with E-state index in [-0.39, 0.29) is 5.69 Å². The molecule has 0 saturated carbocycles. The van der Waals surface area contributed by atoms with Gasteiger partial charge in [0.25, 0.3) is 0 Å². The SMILES string of the molecule is COc1c(CN(C)C)cccc1-c1cc(C(=O)O)[nH]n1. The number of aromatic carboxylic acids is 1. The van der Waals surface area contributed by atoms with Crippen LogP contribution in [0.1, 0.15) is 16.1 Å². The van der Waals surface area contributed by atoms with Gasteiger partial charge in [-0.2, -0.15) is 5.10 Å². The molecule has 0 saturated heterocycles. The molecule has 1 aromatic heterocycles. The van der Waals surface area contributed by atoms with Crippen LogP contribution in [0.5, 0.6) is 5.75 Å². The minimum Gasteiger partial charge on any atom is -0.496 e. The number of carbonyl (C=O) groups is 1. The molecule has 1 aromatic carbocycles. The van der Waals surface area contributed by atoms with E-state index in [0.29, 0.717) is 11.4 Å². The summed E-state index contributed by atoms with van der Waals surface area (Å²) in [6.07, 6.45) is 0. The van der Waals surface area contributed by atoms with Gasteiger partial charge in [0.2, 0.25) is 0 Å². The zero-order valence-electron chi connectivity index (χ0n) is 11.7. The lowest BCUT2D eigenvalue weighted by Crippen LogP contribution is -2.11. The molecule has 0 aliphatic rings. The first kappa shape index (κ1) is 14.1. The quantitative estimate of drug-likeness (QED) is 0.870. The van der Waals surface area contributed by atoms with E-state index in [1.165, 1.54) is 6.07 Å². The summed E-state index contributed by atoms with van der Waals surface area (Å²) in [5.74, 6) is -0.322. The van der Waals surface area contributed by atoms with Crippen LogP contribution in [-0.2, 0) is 6.54 Å². The van der Waals surface area contributed by atoms with Gasteiger partial charge >= 0.3 is 5.97 Å². The van der Waals surface area contributed by atoms with Crippen molar-refractivity contribution in [2.75, 3.05) is 21.2 Å². The average molecular weight is 275 g/mol. The molecule has 0 aliphatic heterocycles. The summed E-state index contributed by atoms with van der Waals surface area (Å²) in [7, 11) is 5.55. The lowest BCUT2D eigenvalue weighted by atomic mass is 10.1. The number of carboxylic acid groups (broad SMARTS) is 1. The minimum atomic E-state index is -1.04. The largest absolute Gasteiger partial charge is 0.496 e. The number of hydrogen-bond donors (Lipinski definition) is 2. The smallest absolute Gasteiger partial charge is 0.353 e. The fourth-order valence-corrected chi connectivity index (χ4v) is 2.06. The minimum absolute atomic E-state index is 0.0556. The molecule has 0 aliphatic carbocycles. The molecule has 1 heterocycles. The van der Waals surface area contributed by atoms with Crippen LogP contribution in [0.15, 0.2) is 24.3 Å². The molecule has 6 nitrogen and oxygen atoms in total. The molecule has 6 heteroatoms. The molecule has 0 fully saturated rings. The van der Waals surface area contributed by atoms with Gasteiger partial charge in [0.1, 0.15) is 11.4 Å². The molecule has 0 radical (unpaired) electrons. The van der Waals surface area contributed by atoms with E-state index in [9.17, 15) is 4.79 Å². The first-order chi connectivity index (χ1) is 9.52. The van der Waals surface area contributed by atoms with Gasteiger partial charge in [-0.15, -0.1) is 0 Å². The number of para-hydroxylation sites is 1. The van der Waals surface area contributed by atoms with E-state index in [4.69, 9.17) is 9.84 Å². The Labute approximate surface area is 117 Å². The van der Waals surface area contributed by atoms with Crippen molar-refractivity contribution >= 4 is 5.97 Å². The maximum atomic E-state index is 10.9. The Balaban J connectivity index is 2.47. The van der Waals surface area contributed by atoms with E-state index in [0.717, 1.165) is 17.7 Å². The van der Waals surface area contributed by atoms with Gasteiger partial charge in [0.15, 0.2) is 0 Å². The number of aromatic nitrogens is 2. The predicted octanol–water partition coefficient (Wildman–Crippen LogP) is 1.85. The molecule has 2 N–H and O–H groups in total. The first-order valence-corrected chi connectivity index (χ1v) is 6.12. The number of nitrogens with one attached hydrogen (secondary N) is 1. The van der Waals surface area contributed by atoms with Crippen LogP contribution in [0.25, 0.3) is 11.3 Å². The number of aromatic amines is 1. The van der Waals surface area contributed by atoms with Crippen molar-refractivity contribution in [1.82, 2.24) is 15.1 Å². The Morgan fingerprint density at radius 1 is 1.45 bits per heavy atom. The highest BCUT2D eigenvalue weighted by Crippen LogP contribution is 2.32. The lowest BCUT2D eigenvalue weighted by Gasteiger charge is -2.15. The summed E-state index contributed by atoms with van der Waals surface area (Å²) in [6, 6.07) is 7.25. The van der Waals surface area contributed by atoms with Crippen LogP contribution >= 0.6 is 0 Å². The molecular weight excluding hydrogens is 258 g/mol. The third-order valence-electron chi connectivity index (χ3n) is 2.87. The van der Waals surface area contributed by atoms with Gasteiger partial charge in [-0.1, -0.05) is 12.1 Å². The second-order valence-electron chi connectivity index (χ2n) is 4.71. The number of H-pyrrole nitrogens is 1. The van der Waals surface area contributed by atoms with Crippen LogP contribution < -0.4 is 4.74 Å². The van der Waals surface area contributed by atoms with Crippen LogP contribution in [0, 0.1) is 0 Å². The van der Waals surface area contributed by atoms with Crippen molar-refractivity contribution in [2.24, 2.45) is 0 Å². The van der Waals surface area contributed by atoms with E-state index < -0.39 is 5.97 Å². The summed E-state index contributed by atoms with van der Waals surface area (Å²) in [5.41, 5.74) is 2.41. The molecule has 0 unspecified atom stereocenters. The summed E-state index contributed by atoms with van der Waals surface area (Å²) in [5, 5.41) is 15.5. The van der Waals surface area contributed by atoms with Gasteiger partial charge in [-0.05, 0) is 26.2 Å². The number of benzene rings is 1. The predicted molar refractivity (Wildman–Crippen MR) is 74.9 cm³/mol. The molecule has 0 amide bonds. The van der Waals surface area contributed by atoms with Crippen molar-refractivity contribution in [1.29, 1.82) is 0 Å². The summed E-state index contributed by atoms with van der Waals surface area (Å²) in [4.78, 5) is 12.9. The third kappa shape index (κ3) is 2.80. The second-order valence-corrected chi connectivity index (χ2v) is 4.71. The van der Waals surface area contributed by atoms with Crippen molar-refractivity contribution in [3.05, 3.63) is 35.5 Å². The number of ether oxygens (including phenoxy) is 1. The highest BCUT2D eigenvalue weighted by atomic mass is 16.5. The van der Waals surface area contributed by atoms with E-state index in [1.807, 2.05) is 37.2 Å². The molecule has 0 atom stereocenters. The van der Waals surface area contributed by atoms with Crippen molar-refractivity contribution in [2.45, 2.75) is 6.54 Å². The molecule has 2 rings (SSSR count). The molecule has 0 spiro atoms. The van der Waals surface area contributed by atoms with Crippen LogP contribution in [-0.4, -0.2) is 47.4 Å². The Morgan fingerprint density at radius 3 is 2.75 bits per heavy atom. The number of methoxy groups -OCH3 is 1. The maximum Gasteiger partial charge on any atom is 0.353 e. The number of carboxylic acids is 1. The van der Waals surface area contributed by atoms with Crippen molar-refractivity contribution < 1.29 is 14.6 Å². The lowest BCUT2D eigenvalue weighted by molar-refractivity contribution is 0.0690. The zero-order chi connectivity index (χ0) is 14.7. The third-order valence-corrected chi connectivity index (χ3v) is 2.87. The second kappa shape index (κ2) is 5.75. The number of nitrogens with zero attached hydrogens (tertiary/aromatic N) is 2. The first-order valence-electron chi connectivity index (χ1n) is 6.12.